The summed E-state index contributed by atoms with van der Waals surface area (Å²) >= 11 is 0. The summed E-state index contributed by atoms with van der Waals surface area (Å²) in [6, 6.07) is 11.3. The van der Waals surface area contributed by atoms with Crippen LogP contribution in [0.15, 0.2) is 58.5 Å². The van der Waals surface area contributed by atoms with Crippen molar-refractivity contribution in [1.82, 2.24) is 14.9 Å². The Morgan fingerprint density at radius 1 is 1.24 bits per heavy atom. The average Bonchev–Trinajstić information content (AvgIpc) is 3.27. The van der Waals surface area contributed by atoms with Crippen LogP contribution < -0.4 is 10.0 Å². The molecule has 2 atom stereocenters. The second-order valence-corrected chi connectivity index (χ2v) is 8.72. The minimum Gasteiger partial charge on any atom is -0.324 e. The monoisotopic (exact) mass is 411 g/mol. The van der Waals surface area contributed by atoms with E-state index in [9.17, 15) is 13.2 Å². The lowest BCUT2D eigenvalue weighted by atomic mass is 9.98. The van der Waals surface area contributed by atoms with Crippen molar-refractivity contribution in [2.24, 2.45) is 10.9 Å². The van der Waals surface area contributed by atoms with Gasteiger partial charge in [-0.25, -0.2) is 8.42 Å². The molecule has 0 saturated carbocycles. The van der Waals surface area contributed by atoms with Crippen LogP contribution in [0, 0.1) is 5.92 Å². The number of benzene rings is 2. The van der Waals surface area contributed by atoms with Gasteiger partial charge in [-0.1, -0.05) is 32.4 Å². The van der Waals surface area contributed by atoms with Gasteiger partial charge in [-0.05, 0) is 36.2 Å². The van der Waals surface area contributed by atoms with E-state index in [4.69, 9.17) is 0 Å². The largest absolute Gasteiger partial charge is 0.324 e. The number of carbonyl (C=O) groups is 1. The maximum Gasteiger partial charge on any atom is 0.263 e. The number of fused-ring (bicyclic) bond motifs is 2. The van der Waals surface area contributed by atoms with Crippen LogP contribution in [-0.2, 0) is 14.8 Å². The third kappa shape index (κ3) is 3.61. The van der Waals surface area contributed by atoms with Crippen molar-refractivity contribution in [2.45, 2.75) is 31.2 Å². The molecule has 150 valence electrons. The predicted molar refractivity (Wildman–Crippen MR) is 111 cm³/mol. The molecule has 3 N–H and O–H groups in total. The predicted octanol–water partition coefficient (Wildman–Crippen LogP) is 2.65. The van der Waals surface area contributed by atoms with Crippen LogP contribution >= 0.6 is 0 Å². The molecule has 1 aliphatic rings. The van der Waals surface area contributed by atoms with Gasteiger partial charge in [0.1, 0.15) is 11.9 Å². The Kier molecular flexibility index (Phi) is 4.83. The topological polar surface area (TPSA) is 116 Å². The molecule has 2 aromatic carbocycles. The SMILES string of the molecule is CC[C@H](C)[C@H](N=C1NS(=O)(=O)c2ccccc21)C(=O)Nc1ccc2[nH]ncc2c1. The van der Waals surface area contributed by atoms with Gasteiger partial charge in [-0.3, -0.25) is 19.6 Å². The summed E-state index contributed by atoms with van der Waals surface area (Å²) in [6.07, 6.45) is 2.39. The van der Waals surface area contributed by atoms with Crippen molar-refractivity contribution in [1.29, 1.82) is 0 Å². The normalized spacial score (nSPS) is 18.2. The van der Waals surface area contributed by atoms with Gasteiger partial charge in [0.05, 0.1) is 16.6 Å². The highest BCUT2D eigenvalue weighted by atomic mass is 32.2. The molecule has 1 aromatic heterocycles. The first-order valence-electron chi connectivity index (χ1n) is 9.33. The zero-order chi connectivity index (χ0) is 20.6. The second-order valence-electron chi connectivity index (χ2n) is 7.07. The quantitative estimate of drug-likeness (QED) is 0.598. The zero-order valence-corrected chi connectivity index (χ0v) is 16.8. The van der Waals surface area contributed by atoms with Crippen LogP contribution in [0.5, 0.6) is 0 Å². The number of H-pyrrole nitrogens is 1. The highest BCUT2D eigenvalue weighted by Crippen LogP contribution is 2.25. The number of rotatable bonds is 5. The first-order valence-corrected chi connectivity index (χ1v) is 10.8. The molecule has 0 fully saturated rings. The van der Waals surface area contributed by atoms with Gasteiger partial charge in [0.2, 0.25) is 5.91 Å². The highest BCUT2D eigenvalue weighted by Gasteiger charge is 2.33. The molecule has 9 heteroatoms. The summed E-state index contributed by atoms with van der Waals surface area (Å²) in [5.74, 6) is -0.179. The van der Waals surface area contributed by atoms with Crippen molar-refractivity contribution < 1.29 is 13.2 Å². The van der Waals surface area contributed by atoms with E-state index in [-0.39, 0.29) is 22.6 Å². The van der Waals surface area contributed by atoms with Gasteiger partial charge in [0, 0.05) is 16.6 Å². The Hall–Kier alpha value is -3.20. The standard InChI is InChI=1S/C20H21N5O3S/c1-3-12(2)18(20(26)22-14-8-9-16-13(10-14)11-21-24-16)23-19-15-6-4-5-7-17(15)29(27,28)25-19/h4-12,18H,3H2,1-2H3,(H,21,24)(H,22,26)(H,23,25)/t12-,18-/m0/s1. The number of sulfonamides is 1. The minimum absolute atomic E-state index is 0.0857. The zero-order valence-electron chi connectivity index (χ0n) is 16.0. The van der Waals surface area contributed by atoms with E-state index >= 15 is 0 Å². The molecule has 0 saturated heterocycles. The maximum atomic E-state index is 13.0. The number of aromatic nitrogens is 2. The summed E-state index contributed by atoms with van der Waals surface area (Å²) in [7, 11) is -3.66. The molecule has 2 heterocycles. The van der Waals surface area contributed by atoms with Gasteiger partial charge in [0.25, 0.3) is 10.0 Å². The van der Waals surface area contributed by atoms with Crippen molar-refractivity contribution >= 4 is 38.4 Å². The van der Waals surface area contributed by atoms with Crippen LogP contribution in [0.1, 0.15) is 25.8 Å². The molecular weight excluding hydrogens is 390 g/mol. The number of nitrogens with one attached hydrogen (secondary N) is 3. The third-order valence-corrected chi connectivity index (χ3v) is 6.49. The van der Waals surface area contributed by atoms with Crippen LogP contribution in [0.25, 0.3) is 10.9 Å². The molecule has 8 nitrogen and oxygen atoms in total. The van der Waals surface area contributed by atoms with Gasteiger partial charge in [-0.2, -0.15) is 5.10 Å². The number of anilines is 1. The highest BCUT2D eigenvalue weighted by molar-refractivity contribution is 7.90. The first-order chi connectivity index (χ1) is 13.9. The third-order valence-electron chi connectivity index (χ3n) is 5.09. The fraction of sp³-hybridized carbons (Fsp3) is 0.250. The molecule has 1 aliphatic heterocycles. The Labute approximate surface area is 168 Å². The molecule has 0 bridgehead atoms. The van der Waals surface area contributed by atoms with Gasteiger partial charge in [-0.15, -0.1) is 0 Å². The maximum absolute atomic E-state index is 13.0. The molecule has 29 heavy (non-hydrogen) atoms. The molecule has 0 spiro atoms. The number of aliphatic imine (C=N–C) groups is 1. The second kappa shape index (κ2) is 7.32. The van der Waals surface area contributed by atoms with Crippen LogP contribution in [0.2, 0.25) is 0 Å². The van der Waals surface area contributed by atoms with Crippen molar-refractivity contribution in [2.75, 3.05) is 5.32 Å². The van der Waals surface area contributed by atoms with Crippen LogP contribution in [-0.4, -0.2) is 36.4 Å². The van der Waals surface area contributed by atoms with E-state index in [0.29, 0.717) is 17.7 Å². The number of nitrogens with zero attached hydrogens (tertiary/aromatic N) is 2. The molecular formula is C20H21N5O3S. The van der Waals surface area contributed by atoms with E-state index in [1.165, 1.54) is 6.07 Å². The number of hydrogen-bond acceptors (Lipinski definition) is 5. The lowest BCUT2D eigenvalue weighted by Gasteiger charge is -2.19. The fourth-order valence-corrected chi connectivity index (χ4v) is 4.51. The number of amidine groups is 1. The lowest BCUT2D eigenvalue weighted by molar-refractivity contribution is -0.118. The average molecular weight is 411 g/mol. The van der Waals surface area contributed by atoms with E-state index in [1.807, 2.05) is 26.0 Å². The van der Waals surface area contributed by atoms with Crippen molar-refractivity contribution in [3.05, 3.63) is 54.2 Å². The molecule has 0 radical (unpaired) electrons. The minimum atomic E-state index is -3.66. The van der Waals surface area contributed by atoms with Crippen molar-refractivity contribution in [3.63, 3.8) is 0 Å². The molecule has 1 amide bonds. The summed E-state index contributed by atoms with van der Waals surface area (Å²) in [5.41, 5.74) is 1.98. The lowest BCUT2D eigenvalue weighted by Crippen LogP contribution is -2.34. The Balaban J connectivity index is 1.66. The number of amides is 1. The van der Waals surface area contributed by atoms with Crippen LogP contribution in [0.4, 0.5) is 5.69 Å². The number of hydrogen-bond donors (Lipinski definition) is 3. The van der Waals surface area contributed by atoms with E-state index in [2.05, 4.69) is 25.2 Å². The molecule has 0 aliphatic carbocycles. The van der Waals surface area contributed by atoms with E-state index in [0.717, 1.165) is 10.9 Å². The summed E-state index contributed by atoms with van der Waals surface area (Å²) in [5, 5.41) is 10.6. The Morgan fingerprint density at radius 2 is 2.03 bits per heavy atom. The van der Waals surface area contributed by atoms with Crippen molar-refractivity contribution in [3.8, 4) is 0 Å². The van der Waals surface area contributed by atoms with E-state index in [1.54, 1.807) is 30.5 Å². The Bertz CT molecular complexity index is 1220. The smallest absolute Gasteiger partial charge is 0.263 e. The van der Waals surface area contributed by atoms with Gasteiger partial charge < -0.3 is 5.32 Å². The van der Waals surface area contributed by atoms with E-state index < -0.39 is 16.1 Å². The first kappa shape index (κ1) is 19.1. The number of carbonyl (C=O) groups excluding carboxylic acids is 1. The molecule has 4 rings (SSSR count). The van der Waals surface area contributed by atoms with Gasteiger partial charge in [0.15, 0.2) is 0 Å². The molecule has 0 unspecified atom stereocenters. The fourth-order valence-electron chi connectivity index (χ4n) is 3.27. The van der Waals surface area contributed by atoms with Crippen LogP contribution in [0.3, 0.4) is 0 Å². The summed E-state index contributed by atoms with van der Waals surface area (Å²) in [6.45, 7) is 3.89. The summed E-state index contributed by atoms with van der Waals surface area (Å²) < 4.78 is 27.2. The van der Waals surface area contributed by atoms with Gasteiger partial charge >= 0.3 is 0 Å². The molecule has 3 aromatic rings. The number of aromatic amines is 1. The summed E-state index contributed by atoms with van der Waals surface area (Å²) in [4.78, 5) is 17.7. The Morgan fingerprint density at radius 3 is 2.83 bits per heavy atom.